The van der Waals surface area contributed by atoms with Gasteiger partial charge in [-0.3, -0.25) is 9.36 Å². The average Bonchev–Trinajstić information content (AvgIpc) is 3.19. The summed E-state index contributed by atoms with van der Waals surface area (Å²) in [5.41, 5.74) is 1.38. The molecule has 2 atom stereocenters. The first kappa shape index (κ1) is 20.7. The first-order valence-corrected chi connectivity index (χ1v) is 10.6. The molecule has 10 nitrogen and oxygen atoms in total. The van der Waals surface area contributed by atoms with Crippen LogP contribution in [0.25, 0.3) is 11.2 Å². The molecule has 1 aliphatic carbocycles. The van der Waals surface area contributed by atoms with Gasteiger partial charge < -0.3 is 18.7 Å². The van der Waals surface area contributed by atoms with Crippen molar-refractivity contribution in [2.45, 2.75) is 18.8 Å². The van der Waals surface area contributed by atoms with Gasteiger partial charge in [-0.05, 0) is 36.1 Å². The molecular formula is C21H18F3N7O3. The van der Waals surface area contributed by atoms with E-state index in [1.807, 2.05) is 0 Å². The maximum atomic E-state index is 12.7. The second-order valence-electron chi connectivity index (χ2n) is 8.55. The van der Waals surface area contributed by atoms with Crippen LogP contribution >= 0.6 is 0 Å². The largest absolute Gasteiger partial charge is 0.573 e. The van der Waals surface area contributed by atoms with Gasteiger partial charge in [-0.25, -0.2) is 9.97 Å². The monoisotopic (exact) mass is 473 g/mol. The Labute approximate surface area is 189 Å². The van der Waals surface area contributed by atoms with Gasteiger partial charge in [0.25, 0.3) is 5.56 Å². The van der Waals surface area contributed by atoms with Crippen molar-refractivity contribution in [3.05, 3.63) is 59.0 Å². The van der Waals surface area contributed by atoms with Crippen molar-refractivity contribution in [1.29, 1.82) is 0 Å². The minimum Gasteiger partial charge on any atom is -0.406 e. The number of rotatable bonds is 5. The van der Waals surface area contributed by atoms with Gasteiger partial charge in [0.2, 0.25) is 5.89 Å². The highest BCUT2D eigenvalue weighted by Crippen LogP contribution is 2.58. The Morgan fingerprint density at radius 2 is 1.82 bits per heavy atom. The first-order valence-electron chi connectivity index (χ1n) is 10.6. The number of halogens is 3. The Kier molecular flexibility index (Phi) is 4.44. The van der Waals surface area contributed by atoms with Crippen LogP contribution in [-0.4, -0.2) is 48.7 Å². The molecule has 1 saturated carbocycles. The molecule has 2 unspecified atom stereocenters. The Balaban J connectivity index is 1.10. The molecular weight excluding hydrogens is 455 g/mol. The summed E-state index contributed by atoms with van der Waals surface area (Å²) < 4.78 is 49.3. The van der Waals surface area contributed by atoms with Crippen molar-refractivity contribution in [3.63, 3.8) is 0 Å². The quantitative estimate of drug-likeness (QED) is 0.435. The molecule has 2 aliphatic rings. The van der Waals surface area contributed by atoms with Gasteiger partial charge >= 0.3 is 6.36 Å². The highest BCUT2D eigenvalue weighted by molar-refractivity contribution is 5.68. The van der Waals surface area contributed by atoms with Crippen LogP contribution in [0.3, 0.4) is 0 Å². The zero-order valence-corrected chi connectivity index (χ0v) is 17.8. The number of benzene rings is 1. The second-order valence-corrected chi connectivity index (χ2v) is 8.55. The maximum Gasteiger partial charge on any atom is 0.573 e. The molecule has 34 heavy (non-hydrogen) atoms. The number of ether oxygens (including phenoxy) is 1. The number of piperidine rings is 1. The van der Waals surface area contributed by atoms with Gasteiger partial charge in [-0.1, -0.05) is 5.16 Å². The summed E-state index contributed by atoms with van der Waals surface area (Å²) in [5.74, 6) is 1.54. The molecule has 2 fully saturated rings. The molecule has 6 rings (SSSR count). The minimum absolute atomic E-state index is 0.112. The Morgan fingerprint density at radius 1 is 1.12 bits per heavy atom. The molecule has 1 aliphatic heterocycles. The molecule has 4 heterocycles. The van der Waals surface area contributed by atoms with Crippen molar-refractivity contribution in [3.8, 4) is 5.75 Å². The van der Waals surface area contributed by atoms with E-state index in [4.69, 9.17) is 4.52 Å². The highest BCUT2D eigenvalue weighted by atomic mass is 19.4. The van der Waals surface area contributed by atoms with Gasteiger partial charge in [-0.2, -0.15) is 4.98 Å². The van der Waals surface area contributed by atoms with Gasteiger partial charge in [0, 0.05) is 31.7 Å². The minimum atomic E-state index is -4.71. The van der Waals surface area contributed by atoms with E-state index in [2.05, 4.69) is 29.7 Å². The lowest BCUT2D eigenvalue weighted by atomic mass is 10.2. The van der Waals surface area contributed by atoms with E-state index in [0.717, 1.165) is 18.8 Å². The van der Waals surface area contributed by atoms with Crippen molar-refractivity contribution in [1.82, 2.24) is 29.2 Å². The molecule has 0 N–H and O–H groups in total. The van der Waals surface area contributed by atoms with Crippen LogP contribution in [0.5, 0.6) is 5.75 Å². The third-order valence-corrected chi connectivity index (χ3v) is 6.42. The fourth-order valence-electron chi connectivity index (χ4n) is 4.78. The number of anilines is 1. The predicted molar refractivity (Wildman–Crippen MR) is 111 cm³/mol. The Hall–Kier alpha value is -3.90. The summed E-state index contributed by atoms with van der Waals surface area (Å²) >= 11 is 0. The molecule has 0 amide bonds. The molecule has 0 bridgehead atoms. The summed E-state index contributed by atoms with van der Waals surface area (Å²) in [4.78, 5) is 27.6. The zero-order valence-electron chi connectivity index (χ0n) is 17.8. The fraction of sp³-hybridized carbons (Fsp3) is 0.381. The van der Waals surface area contributed by atoms with Gasteiger partial charge in [0.05, 0.1) is 6.33 Å². The third-order valence-electron chi connectivity index (χ3n) is 6.42. The lowest BCUT2D eigenvalue weighted by molar-refractivity contribution is -0.274. The summed E-state index contributed by atoms with van der Waals surface area (Å²) in [7, 11) is 1.73. The van der Waals surface area contributed by atoms with E-state index >= 15 is 0 Å². The van der Waals surface area contributed by atoms with E-state index in [9.17, 15) is 18.0 Å². The molecule has 0 spiro atoms. The Morgan fingerprint density at radius 3 is 2.53 bits per heavy atom. The normalized spacial score (nSPS) is 21.8. The average molecular weight is 473 g/mol. The number of nitrogens with zero attached hydrogens (tertiary/aromatic N) is 7. The molecule has 1 aromatic carbocycles. The van der Waals surface area contributed by atoms with E-state index in [1.165, 1.54) is 29.4 Å². The van der Waals surface area contributed by atoms with Crippen molar-refractivity contribution in [2.75, 3.05) is 18.0 Å². The summed E-state index contributed by atoms with van der Waals surface area (Å²) in [5, 5.41) is 4.12. The van der Waals surface area contributed by atoms with Crippen LogP contribution in [-0.2, 0) is 13.6 Å². The van der Waals surface area contributed by atoms with Crippen LogP contribution < -0.4 is 15.2 Å². The number of alkyl halides is 3. The summed E-state index contributed by atoms with van der Waals surface area (Å²) in [6.07, 6.45) is -1.76. The number of imidazole rings is 1. The van der Waals surface area contributed by atoms with Crippen LogP contribution in [0, 0.1) is 11.8 Å². The molecule has 1 saturated heterocycles. The summed E-state index contributed by atoms with van der Waals surface area (Å²) in [6, 6.07) is 5.88. The van der Waals surface area contributed by atoms with Crippen molar-refractivity contribution < 1.29 is 22.4 Å². The van der Waals surface area contributed by atoms with E-state index < -0.39 is 6.36 Å². The molecule has 176 valence electrons. The Bertz CT molecular complexity index is 1410. The number of hydrogen-bond acceptors (Lipinski definition) is 8. The van der Waals surface area contributed by atoms with Gasteiger partial charge in [-0.15, -0.1) is 13.2 Å². The molecule has 13 heteroatoms. The lowest BCUT2D eigenvalue weighted by Crippen LogP contribution is -2.24. The first-order chi connectivity index (χ1) is 16.3. The number of aryl methyl sites for hydroxylation is 1. The summed E-state index contributed by atoms with van der Waals surface area (Å²) in [6.45, 7) is 1.61. The van der Waals surface area contributed by atoms with Gasteiger partial charge in [0.1, 0.15) is 18.6 Å². The van der Waals surface area contributed by atoms with Crippen molar-refractivity contribution >= 4 is 16.9 Å². The third kappa shape index (κ3) is 3.56. The number of fused-ring (bicyclic) bond motifs is 2. The van der Waals surface area contributed by atoms with Crippen LogP contribution in [0.15, 0.2) is 46.2 Å². The second kappa shape index (κ2) is 7.30. The highest BCUT2D eigenvalue weighted by Gasteiger charge is 2.58. The van der Waals surface area contributed by atoms with Crippen LogP contribution in [0.4, 0.5) is 18.9 Å². The topological polar surface area (TPSA) is 104 Å². The number of aromatic nitrogens is 6. The van der Waals surface area contributed by atoms with E-state index in [1.54, 1.807) is 23.7 Å². The smallest absolute Gasteiger partial charge is 0.406 e. The zero-order chi connectivity index (χ0) is 23.6. The van der Waals surface area contributed by atoms with Crippen LogP contribution in [0.2, 0.25) is 0 Å². The molecule has 3 aromatic heterocycles. The predicted octanol–water partition coefficient (Wildman–Crippen LogP) is 2.31. The maximum absolute atomic E-state index is 12.7. The van der Waals surface area contributed by atoms with E-state index in [-0.39, 0.29) is 23.8 Å². The SMILES string of the molecule is Cn1cnc2ncn(Cc3nc(C4C5CN(c6ccc(OC(F)(F)F)cc6)CC54)no3)c(=O)c21. The molecule has 0 radical (unpaired) electrons. The van der Waals surface area contributed by atoms with E-state index in [0.29, 0.717) is 34.7 Å². The van der Waals surface area contributed by atoms with Crippen LogP contribution in [0.1, 0.15) is 17.6 Å². The lowest BCUT2D eigenvalue weighted by Gasteiger charge is -2.21. The molecule has 4 aromatic rings. The van der Waals surface area contributed by atoms with Gasteiger partial charge in [0.15, 0.2) is 17.0 Å². The van der Waals surface area contributed by atoms with Crippen molar-refractivity contribution in [2.24, 2.45) is 18.9 Å². The number of hydrogen-bond donors (Lipinski definition) is 0. The fourth-order valence-corrected chi connectivity index (χ4v) is 4.78. The standard InChI is InChI=1S/C21H18F3N7O3/c1-29-9-25-19-17(29)20(32)31(10-26-19)8-15-27-18(28-34-15)16-13-6-30(7-14(13)16)11-2-4-12(5-3-11)33-21(22,23)24/h2-5,9-10,13-14,16H,6-8H2,1H3.